The molecular formula is C21H23N3O3. The number of hydrogen-bond acceptors (Lipinski definition) is 3. The topological polar surface area (TPSA) is 66.6 Å². The lowest BCUT2D eigenvalue weighted by Crippen LogP contribution is -2.40. The Morgan fingerprint density at radius 1 is 1.19 bits per heavy atom. The van der Waals surface area contributed by atoms with Crippen molar-refractivity contribution in [3.05, 3.63) is 59.8 Å². The van der Waals surface area contributed by atoms with Gasteiger partial charge < -0.3 is 24.7 Å². The van der Waals surface area contributed by atoms with Crippen molar-refractivity contribution in [1.82, 2.24) is 15.2 Å². The third-order valence-corrected chi connectivity index (χ3v) is 4.90. The highest BCUT2D eigenvalue weighted by Crippen LogP contribution is 2.34. The van der Waals surface area contributed by atoms with Crippen molar-refractivity contribution in [3.63, 3.8) is 0 Å². The van der Waals surface area contributed by atoms with E-state index in [0.717, 1.165) is 33.5 Å². The molecule has 27 heavy (non-hydrogen) atoms. The molecule has 0 fully saturated rings. The minimum atomic E-state index is -0.131. The van der Waals surface area contributed by atoms with Gasteiger partial charge in [-0.3, -0.25) is 0 Å². The summed E-state index contributed by atoms with van der Waals surface area (Å²) >= 11 is 0. The number of nitrogens with zero attached hydrogens (tertiary/aromatic N) is 1. The van der Waals surface area contributed by atoms with Crippen molar-refractivity contribution in [1.29, 1.82) is 0 Å². The summed E-state index contributed by atoms with van der Waals surface area (Å²) in [7, 11) is 0. The van der Waals surface area contributed by atoms with Gasteiger partial charge in [0.25, 0.3) is 0 Å². The molecule has 0 saturated heterocycles. The highest BCUT2D eigenvalue weighted by molar-refractivity contribution is 5.80. The zero-order valence-electron chi connectivity index (χ0n) is 15.5. The molecule has 2 aromatic carbocycles. The highest BCUT2D eigenvalue weighted by Gasteiger charge is 2.19. The Hall–Kier alpha value is -3.15. The minimum Gasteiger partial charge on any atom is -0.454 e. The van der Waals surface area contributed by atoms with E-state index in [0.29, 0.717) is 13.1 Å². The minimum absolute atomic E-state index is 0.0863. The zero-order valence-corrected chi connectivity index (χ0v) is 15.5. The zero-order chi connectivity index (χ0) is 18.8. The quantitative estimate of drug-likeness (QED) is 0.712. The number of ether oxygens (including phenoxy) is 2. The third-order valence-electron chi connectivity index (χ3n) is 4.90. The summed E-state index contributed by atoms with van der Waals surface area (Å²) in [6, 6.07) is 13.8. The molecule has 0 aliphatic carbocycles. The number of hydrogen-bond donors (Lipinski definition) is 2. The predicted molar refractivity (Wildman–Crippen MR) is 104 cm³/mol. The van der Waals surface area contributed by atoms with Crippen LogP contribution < -0.4 is 14.8 Å². The van der Waals surface area contributed by atoms with Crippen LogP contribution in [0, 0.1) is 0 Å². The number of aromatic nitrogens is 1. The largest absolute Gasteiger partial charge is 0.454 e. The molecule has 2 amide bonds. The molecule has 1 atom stereocenters. The molecular weight excluding hydrogens is 342 g/mol. The van der Waals surface area contributed by atoms with E-state index >= 15 is 0 Å². The average molecular weight is 365 g/mol. The Labute approximate surface area is 158 Å². The summed E-state index contributed by atoms with van der Waals surface area (Å²) in [5.41, 5.74) is 3.19. The molecule has 1 aliphatic heterocycles. The Kier molecular flexibility index (Phi) is 4.62. The molecule has 140 valence electrons. The van der Waals surface area contributed by atoms with Crippen LogP contribution in [-0.4, -0.2) is 29.3 Å². The summed E-state index contributed by atoms with van der Waals surface area (Å²) in [5, 5.41) is 4.23. The maximum absolute atomic E-state index is 12.8. The molecule has 3 aromatic rings. The molecule has 2 heterocycles. The summed E-state index contributed by atoms with van der Waals surface area (Å²) in [4.78, 5) is 17.8. The van der Waals surface area contributed by atoms with Gasteiger partial charge in [0, 0.05) is 24.8 Å². The van der Waals surface area contributed by atoms with E-state index in [2.05, 4.69) is 22.4 Å². The van der Waals surface area contributed by atoms with Crippen molar-refractivity contribution < 1.29 is 14.3 Å². The van der Waals surface area contributed by atoms with Crippen LogP contribution in [-0.2, 0) is 6.54 Å². The van der Waals surface area contributed by atoms with Crippen molar-refractivity contribution in [3.8, 4) is 11.5 Å². The lowest BCUT2D eigenvalue weighted by Gasteiger charge is -2.24. The number of carbonyl (C=O) groups is 1. The summed E-state index contributed by atoms with van der Waals surface area (Å²) in [6.07, 6.45) is 1.92. The van der Waals surface area contributed by atoms with E-state index < -0.39 is 0 Å². The van der Waals surface area contributed by atoms with Crippen molar-refractivity contribution in [2.75, 3.05) is 13.3 Å². The molecule has 6 nitrogen and oxygen atoms in total. The summed E-state index contributed by atoms with van der Waals surface area (Å²) < 4.78 is 10.8. The van der Waals surface area contributed by atoms with Crippen LogP contribution in [0.3, 0.4) is 0 Å². The van der Waals surface area contributed by atoms with Gasteiger partial charge in [-0.05, 0) is 60.7 Å². The van der Waals surface area contributed by atoms with Crippen molar-refractivity contribution in [2.24, 2.45) is 0 Å². The second-order valence-electron chi connectivity index (χ2n) is 6.70. The second-order valence-corrected chi connectivity index (χ2v) is 6.70. The normalized spacial score (nSPS) is 13.6. The molecule has 1 aromatic heterocycles. The monoisotopic (exact) mass is 365 g/mol. The van der Waals surface area contributed by atoms with Crippen LogP contribution in [0.2, 0.25) is 0 Å². The molecule has 2 N–H and O–H groups in total. The van der Waals surface area contributed by atoms with E-state index in [1.165, 1.54) is 0 Å². The van der Waals surface area contributed by atoms with E-state index in [1.807, 2.05) is 50.4 Å². The van der Waals surface area contributed by atoms with Crippen LogP contribution in [0.4, 0.5) is 4.79 Å². The lowest BCUT2D eigenvalue weighted by atomic mass is 10.1. The van der Waals surface area contributed by atoms with E-state index in [9.17, 15) is 4.79 Å². The van der Waals surface area contributed by atoms with Gasteiger partial charge in [-0.1, -0.05) is 12.1 Å². The van der Waals surface area contributed by atoms with Gasteiger partial charge in [0.05, 0.1) is 6.04 Å². The van der Waals surface area contributed by atoms with Crippen LogP contribution >= 0.6 is 0 Å². The average Bonchev–Trinajstić information content (AvgIpc) is 3.33. The Morgan fingerprint density at radius 3 is 2.89 bits per heavy atom. The number of H-pyrrole nitrogens is 1. The molecule has 1 aliphatic rings. The number of urea groups is 1. The lowest BCUT2D eigenvalue weighted by molar-refractivity contribution is 0.174. The highest BCUT2D eigenvalue weighted by atomic mass is 16.7. The standard InChI is InChI=1S/C21H23N3O3/c1-3-24(12-15-4-6-18-17(10-15)8-9-22-18)21(25)23-14(2)16-5-7-19-20(11-16)27-13-26-19/h4-11,14,22H,3,12-13H2,1-2H3,(H,23,25)/t14-/m0/s1. The number of aromatic amines is 1. The Balaban J connectivity index is 1.43. The molecule has 0 spiro atoms. The Bertz CT molecular complexity index is 966. The Morgan fingerprint density at radius 2 is 2.04 bits per heavy atom. The van der Waals surface area contributed by atoms with Gasteiger partial charge >= 0.3 is 6.03 Å². The van der Waals surface area contributed by atoms with Gasteiger partial charge in [-0.15, -0.1) is 0 Å². The van der Waals surface area contributed by atoms with Crippen LogP contribution in [0.25, 0.3) is 10.9 Å². The number of fused-ring (bicyclic) bond motifs is 2. The number of carbonyl (C=O) groups excluding carboxylic acids is 1. The molecule has 0 bridgehead atoms. The van der Waals surface area contributed by atoms with E-state index in [-0.39, 0.29) is 18.9 Å². The SMILES string of the molecule is CCN(Cc1ccc2[nH]ccc2c1)C(=O)N[C@@H](C)c1ccc2c(c1)OCO2. The fourth-order valence-electron chi connectivity index (χ4n) is 3.29. The fourth-order valence-corrected chi connectivity index (χ4v) is 3.29. The van der Waals surface area contributed by atoms with Crippen LogP contribution in [0.15, 0.2) is 48.7 Å². The van der Waals surface area contributed by atoms with Crippen molar-refractivity contribution in [2.45, 2.75) is 26.4 Å². The first-order chi connectivity index (χ1) is 13.1. The van der Waals surface area contributed by atoms with Gasteiger partial charge in [0.1, 0.15) is 0 Å². The number of rotatable bonds is 5. The first-order valence-electron chi connectivity index (χ1n) is 9.15. The summed E-state index contributed by atoms with van der Waals surface area (Å²) in [5.74, 6) is 1.47. The molecule has 0 radical (unpaired) electrons. The maximum Gasteiger partial charge on any atom is 0.318 e. The predicted octanol–water partition coefficient (Wildman–Crippen LogP) is 4.19. The van der Waals surface area contributed by atoms with Crippen LogP contribution in [0.5, 0.6) is 11.5 Å². The number of benzene rings is 2. The van der Waals surface area contributed by atoms with Gasteiger partial charge in [0.2, 0.25) is 6.79 Å². The van der Waals surface area contributed by atoms with Crippen LogP contribution in [0.1, 0.15) is 31.0 Å². The van der Waals surface area contributed by atoms with E-state index in [1.54, 1.807) is 4.90 Å². The molecule has 4 rings (SSSR count). The number of nitrogens with one attached hydrogen (secondary N) is 2. The second kappa shape index (κ2) is 7.23. The van der Waals surface area contributed by atoms with Gasteiger partial charge in [-0.25, -0.2) is 4.79 Å². The van der Waals surface area contributed by atoms with Crippen molar-refractivity contribution >= 4 is 16.9 Å². The first-order valence-corrected chi connectivity index (χ1v) is 9.15. The molecule has 6 heteroatoms. The van der Waals surface area contributed by atoms with Gasteiger partial charge in [0.15, 0.2) is 11.5 Å². The molecule has 0 saturated carbocycles. The third kappa shape index (κ3) is 3.56. The molecule has 0 unspecified atom stereocenters. The summed E-state index contributed by atoms with van der Waals surface area (Å²) in [6.45, 7) is 5.39. The van der Waals surface area contributed by atoms with E-state index in [4.69, 9.17) is 9.47 Å². The first kappa shape index (κ1) is 17.3. The van der Waals surface area contributed by atoms with Gasteiger partial charge in [-0.2, -0.15) is 0 Å². The smallest absolute Gasteiger partial charge is 0.318 e. The fraction of sp³-hybridized carbons (Fsp3) is 0.286. The maximum atomic E-state index is 12.8. The number of amides is 2.